The van der Waals surface area contributed by atoms with Gasteiger partial charge in [-0.05, 0) is 36.2 Å². The van der Waals surface area contributed by atoms with Gasteiger partial charge in [-0.2, -0.15) is 0 Å². The molecule has 0 spiro atoms. The summed E-state index contributed by atoms with van der Waals surface area (Å²) < 4.78 is 12.9. The number of hydrogen-bond acceptors (Lipinski definition) is 2. The summed E-state index contributed by atoms with van der Waals surface area (Å²) in [5, 5.41) is 9.30. The molecule has 0 bridgehead atoms. The first-order chi connectivity index (χ1) is 8.08. The second kappa shape index (κ2) is 4.37. The average molecular weight is 230 g/mol. The lowest BCUT2D eigenvalue weighted by molar-refractivity contribution is 0.101. The zero-order valence-corrected chi connectivity index (χ0v) is 9.27. The van der Waals surface area contributed by atoms with E-state index in [4.69, 9.17) is 0 Å². The Hall–Kier alpha value is -2.16. The third-order valence-electron chi connectivity index (χ3n) is 2.55. The van der Waals surface area contributed by atoms with Gasteiger partial charge < -0.3 is 5.11 Å². The summed E-state index contributed by atoms with van der Waals surface area (Å²) in [4.78, 5) is 11.2. The Kier molecular flexibility index (Phi) is 2.91. The lowest BCUT2D eigenvalue weighted by Gasteiger charge is -2.04. The van der Waals surface area contributed by atoms with Crippen LogP contribution in [-0.4, -0.2) is 10.9 Å². The molecule has 0 unspecified atom stereocenters. The van der Waals surface area contributed by atoms with Crippen LogP contribution in [0.2, 0.25) is 0 Å². The molecular weight excluding hydrogens is 219 g/mol. The van der Waals surface area contributed by atoms with E-state index in [2.05, 4.69) is 0 Å². The Morgan fingerprint density at radius 1 is 1.12 bits per heavy atom. The zero-order chi connectivity index (χ0) is 12.4. The van der Waals surface area contributed by atoms with Crippen molar-refractivity contribution >= 4 is 5.78 Å². The molecule has 17 heavy (non-hydrogen) atoms. The molecule has 0 atom stereocenters. The first-order valence-corrected chi connectivity index (χ1v) is 5.18. The monoisotopic (exact) mass is 230 g/mol. The summed E-state index contributed by atoms with van der Waals surface area (Å²) >= 11 is 0. The van der Waals surface area contributed by atoms with Crippen molar-refractivity contribution < 1.29 is 14.3 Å². The van der Waals surface area contributed by atoms with Crippen molar-refractivity contribution in [2.75, 3.05) is 0 Å². The fourth-order valence-corrected chi connectivity index (χ4v) is 1.61. The summed E-state index contributed by atoms with van der Waals surface area (Å²) in [5.41, 5.74) is 2.03. The largest absolute Gasteiger partial charge is 0.505 e. The van der Waals surface area contributed by atoms with Crippen molar-refractivity contribution in [1.29, 1.82) is 0 Å². The van der Waals surface area contributed by atoms with Crippen LogP contribution >= 0.6 is 0 Å². The van der Waals surface area contributed by atoms with Gasteiger partial charge in [-0.15, -0.1) is 0 Å². The average Bonchev–Trinajstić information content (AvgIpc) is 2.33. The van der Waals surface area contributed by atoms with Crippen LogP contribution in [0.5, 0.6) is 5.75 Å². The van der Waals surface area contributed by atoms with Crippen molar-refractivity contribution in [2.24, 2.45) is 0 Å². The van der Waals surface area contributed by atoms with Gasteiger partial charge in [0.05, 0.1) is 0 Å². The standard InChI is InChI=1S/C14H11FO2/c1-9(16)10-3-2-4-11(7-10)12-5-6-13(15)14(17)8-12/h2-8,17H,1H3. The van der Waals surface area contributed by atoms with Crippen LogP contribution < -0.4 is 0 Å². The number of aromatic hydroxyl groups is 1. The molecular formula is C14H11FO2. The molecule has 0 aliphatic rings. The summed E-state index contributed by atoms with van der Waals surface area (Å²) in [5.74, 6) is -1.08. The number of halogens is 1. The van der Waals surface area contributed by atoms with Crippen molar-refractivity contribution in [3.8, 4) is 16.9 Å². The third kappa shape index (κ3) is 2.33. The highest BCUT2D eigenvalue weighted by atomic mass is 19.1. The topological polar surface area (TPSA) is 37.3 Å². The van der Waals surface area contributed by atoms with Crippen LogP contribution in [0.4, 0.5) is 4.39 Å². The molecule has 1 N–H and O–H groups in total. The number of Topliss-reactive ketones (excluding diaryl/α,β-unsaturated/α-hetero) is 1. The predicted octanol–water partition coefficient (Wildman–Crippen LogP) is 3.40. The normalized spacial score (nSPS) is 10.2. The molecule has 0 saturated carbocycles. The highest BCUT2D eigenvalue weighted by molar-refractivity contribution is 5.95. The second-order valence-electron chi connectivity index (χ2n) is 3.80. The van der Waals surface area contributed by atoms with Gasteiger partial charge in [0.2, 0.25) is 0 Å². The second-order valence-corrected chi connectivity index (χ2v) is 3.80. The van der Waals surface area contributed by atoms with Crippen molar-refractivity contribution in [3.63, 3.8) is 0 Å². The summed E-state index contributed by atoms with van der Waals surface area (Å²) in [6.07, 6.45) is 0. The summed E-state index contributed by atoms with van der Waals surface area (Å²) in [6.45, 7) is 1.49. The minimum Gasteiger partial charge on any atom is -0.505 e. The molecule has 0 aliphatic carbocycles. The van der Waals surface area contributed by atoms with Gasteiger partial charge in [-0.25, -0.2) is 4.39 Å². The van der Waals surface area contributed by atoms with Crippen molar-refractivity contribution in [1.82, 2.24) is 0 Å². The van der Waals surface area contributed by atoms with E-state index in [0.29, 0.717) is 11.1 Å². The van der Waals surface area contributed by atoms with E-state index < -0.39 is 11.6 Å². The maximum atomic E-state index is 12.9. The van der Waals surface area contributed by atoms with Gasteiger partial charge >= 0.3 is 0 Å². The Balaban J connectivity index is 2.49. The van der Waals surface area contributed by atoms with Crippen molar-refractivity contribution in [3.05, 3.63) is 53.8 Å². The highest BCUT2D eigenvalue weighted by Gasteiger charge is 2.05. The Morgan fingerprint density at radius 2 is 1.82 bits per heavy atom. The van der Waals surface area contributed by atoms with Crippen LogP contribution in [0.25, 0.3) is 11.1 Å². The Labute approximate surface area is 98.3 Å². The van der Waals surface area contributed by atoms with Gasteiger partial charge in [0.1, 0.15) is 0 Å². The number of carbonyl (C=O) groups is 1. The van der Waals surface area contributed by atoms with E-state index in [0.717, 1.165) is 5.56 Å². The molecule has 2 aromatic carbocycles. The van der Waals surface area contributed by atoms with E-state index in [9.17, 15) is 14.3 Å². The molecule has 3 heteroatoms. The number of hydrogen-bond donors (Lipinski definition) is 1. The molecule has 0 amide bonds. The number of benzene rings is 2. The molecule has 0 heterocycles. The zero-order valence-electron chi connectivity index (χ0n) is 9.27. The summed E-state index contributed by atoms with van der Waals surface area (Å²) in [6, 6.07) is 11.1. The lowest BCUT2D eigenvalue weighted by atomic mass is 10.0. The molecule has 2 nitrogen and oxygen atoms in total. The number of ketones is 1. The van der Waals surface area contributed by atoms with Gasteiger partial charge in [0.25, 0.3) is 0 Å². The molecule has 2 rings (SSSR count). The molecule has 2 aromatic rings. The SMILES string of the molecule is CC(=O)c1cccc(-c2ccc(F)c(O)c2)c1. The Bertz CT molecular complexity index is 576. The quantitative estimate of drug-likeness (QED) is 0.803. The highest BCUT2D eigenvalue weighted by Crippen LogP contribution is 2.26. The molecule has 0 aromatic heterocycles. The molecule has 0 radical (unpaired) electrons. The smallest absolute Gasteiger partial charge is 0.164 e. The van der Waals surface area contributed by atoms with Gasteiger partial charge in [0, 0.05) is 5.56 Å². The van der Waals surface area contributed by atoms with Crippen molar-refractivity contribution in [2.45, 2.75) is 6.92 Å². The third-order valence-corrected chi connectivity index (χ3v) is 2.55. The molecule has 0 saturated heterocycles. The number of rotatable bonds is 2. The summed E-state index contributed by atoms with van der Waals surface area (Å²) in [7, 11) is 0. The van der Waals surface area contributed by atoms with Gasteiger partial charge in [0.15, 0.2) is 17.3 Å². The minimum atomic E-state index is -0.656. The number of carbonyl (C=O) groups excluding carboxylic acids is 1. The van der Waals surface area contributed by atoms with Crippen LogP contribution in [-0.2, 0) is 0 Å². The molecule has 0 fully saturated rings. The van der Waals surface area contributed by atoms with Crippen LogP contribution in [0.1, 0.15) is 17.3 Å². The fourth-order valence-electron chi connectivity index (χ4n) is 1.61. The molecule has 86 valence electrons. The fraction of sp³-hybridized carbons (Fsp3) is 0.0714. The van der Waals surface area contributed by atoms with E-state index >= 15 is 0 Å². The Morgan fingerprint density at radius 3 is 2.47 bits per heavy atom. The molecule has 0 aliphatic heterocycles. The maximum absolute atomic E-state index is 12.9. The van der Waals surface area contributed by atoms with E-state index in [-0.39, 0.29) is 5.78 Å². The van der Waals surface area contributed by atoms with E-state index in [1.807, 2.05) is 0 Å². The maximum Gasteiger partial charge on any atom is 0.164 e. The van der Waals surface area contributed by atoms with E-state index in [1.165, 1.54) is 19.1 Å². The minimum absolute atomic E-state index is 0.0295. The first-order valence-electron chi connectivity index (χ1n) is 5.18. The first kappa shape index (κ1) is 11.3. The number of phenolic OH excluding ortho intramolecular Hbond substituents is 1. The van der Waals surface area contributed by atoms with Crippen LogP contribution in [0.3, 0.4) is 0 Å². The predicted molar refractivity (Wildman–Crippen MR) is 63.5 cm³/mol. The van der Waals surface area contributed by atoms with Crippen LogP contribution in [0, 0.1) is 5.82 Å². The van der Waals surface area contributed by atoms with Crippen LogP contribution in [0.15, 0.2) is 42.5 Å². The van der Waals surface area contributed by atoms with Gasteiger partial charge in [-0.3, -0.25) is 4.79 Å². The number of phenols is 1. The van der Waals surface area contributed by atoms with Gasteiger partial charge in [-0.1, -0.05) is 24.3 Å². The van der Waals surface area contributed by atoms with E-state index in [1.54, 1.807) is 30.3 Å². The lowest BCUT2D eigenvalue weighted by Crippen LogP contribution is -1.91.